The fourth-order valence-electron chi connectivity index (χ4n) is 3.47. The Morgan fingerprint density at radius 1 is 1.16 bits per heavy atom. The van der Waals surface area contributed by atoms with Gasteiger partial charge in [-0.1, -0.05) is 35.5 Å². The van der Waals surface area contributed by atoms with Gasteiger partial charge >= 0.3 is 0 Å². The van der Waals surface area contributed by atoms with Gasteiger partial charge in [0.1, 0.15) is 5.82 Å². The topological polar surface area (TPSA) is 105 Å². The van der Waals surface area contributed by atoms with E-state index >= 15 is 0 Å². The van der Waals surface area contributed by atoms with Crippen LogP contribution in [0.2, 0.25) is 0 Å². The Hall–Kier alpha value is -3.11. The molecule has 1 aromatic heterocycles. The summed E-state index contributed by atoms with van der Waals surface area (Å²) in [6.45, 7) is 0.429. The minimum atomic E-state index is -3.79. The molecule has 162 valence electrons. The van der Waals surface area contributed by atoms with E-state index in [1.54, 1.807) is 0 Å². The lowest BCUT2D eigenvalue weighted by atomic mass is 9.99. The predicted molar refractivity (Wildman–Crippen MR) is 109 cm³/mol. The van der Waals surface area contributed by atoms with Crippen molar-refractivity contribution in [2.75, 3.05) is 13.1 Å². The number of aromatic nitrogens is 2. The molecule has 1 atom stereocenters. The highest BCUT2D eigenvalue weighted by molar-refractivity contribution is 7.89. The van der Waals surface area contributed by atoms with Gasteiger partial charge < -0.3 is 9.84 Å². The summed E-state index contributed by atoms with van der Waals surface area (Å²) in [7, 11) is -3.79. The third kappa shape index (κ3) is 4.80. The van der Waals surface area contributed by atoms with E-state index in [-0.39, 0.29) is 29.8 Å². The molecule has 10 heteroatoms. The van der Waals surface area contributed by atoms with Crippen LogP contribution >= 0.6 is 0 Å². The second kappa shape index (κ2) is 8.94. The molecule has 8 nitrogen and oxygen atoms in total. The number of benzene rings is 2. The SMILES string of the molecule is O=C(NCc1nc(-c2ccccc2)no1)[C@H]1CCCN(S(=O)(=O)c2ccc(F)cc2)C1. The summed E-state index contributed by atoms with van der Waals surface area (Å²) < 4.78 is 45.2. The largest absolute Gasteiger partial charge is 0.347 e. The number of rotatable bonds is 6. The van der Waals surface area contributed by atoms with Crippen molar-refractivity contribution in [1.82, 2.24) is 19.8 Å². The molecule has 1 fully saturated rings. The number of hydrogen-bond acceptors (Lipinski definition) is 6. The first-order valence-electron chi connectivity index (χ1n) is 9.85. The second-order valence-electron chi connectivity index (χ2n) is 7.25. The van der Waals surface area contributed by atoms with Crippen molar-refractivity contribution >= 4 is 15.9 Å². The molecule has 0 bridgehead atoms. The number of nitrogens with zero attached hydrogens (tertiary/aromatic N) is 3. The number of hydrogen-bond donors (Lipinski definition) is 1. The molecule has 3 aromatic rings. The Kier molecular flexibility index (Phi) is 6.10. The maximum atomic E-state index is 13.1. The van der Waals surface area contributed by atoms with E-state index in [4.69, 9.17) is 4.52 Å². The van der Waals surface area contributed by atoms with Crippen LogP contribution in [0.15, 0.2) is 64.0 Å². The van der Waals surface area contributed by atoms with Crippen LogP contribution in [0.4, 0.5) is 4.39 Å². The lowest BCUT2D eigenvalue weighted by molar-refractivity contribution is -0.126. The number of carbonyl (C=O) groups is 1. The molecule has 1 aliphatic rings. The van der Waals surface area contributed by atoms with E-state index in [1.807, 2.05) is 30.3 Å². The average Bonchev–Trinajstić information content (AvgIpc) is 3.27. The van der Waals surface area contributed by atoms with Crippen molar-refractivity contribution in [3.05, 3.63) is 66.3 Å². The lowest BCUT2D eigenvalue weighted by Gasteiger charge is -2.31. The zero-order valence-corrected chi connectivity index (χ0v) is 17.4. The summed E-state index contributed by atoms with van der Waals surface area (Å²) in [4.78, 5) is 16.9. The van der Waals surface area contributed by atoms with Crippen molar-refractivity contribution in [1.29, 1.82) is 0 Å². The van der Waals surface area contributed by atoms with Gasteiger partial charge in [-0.2, -0.15) is 9.29 Å². The highest BCUT2D eigenvalue weighted by Crippen LogP contribution is 2.24. The zero-order valence-electron chi connectivity index (χ0n) is 16.6. The number of carbonyl (C=O) groups excluding carboxylic acids is 1. The predicted octanol–water partition coefficient (Wildman–Crippen LogP) is 2.59. The van der Waals surface area contributed by atoms with Gasteiger partial charge in [-0.3, -0.25) is 4.79 Å². The molecular formula is C21H21FN4O4S. The average molecular weight is 444 g/mol. The van der Waals surface area contributed by atoms with E-state index in [0.29, 0.717) is 25.2 Å². The maximum Gasteiger partial charge on any atom is 0.246 e. The quantitative estimate of drug-likeness (QED) is 0.627. The van der Waals surface area contributed by atoms with Gasteiger partial charge in [0.2, 0.25) is 27.6 Å². The molecule has 0 spiro atoms. The molecule has 31 heavy (non-hydrogen) atoms. The fraction of sp³-hybridized carbons (Fsp3) is 0.286. The van der Waals surface area contributed by atoms with Crippen molar-refractivity contribution in [2.45, 2.75) is 24.3 Å². The van der Waals surface area contributed by atoms with Gasteiger partial charge in [0.15, 0.2) is 0 Å². The first kappa shape index (κ1) is 21.1. The Morgan fingerprint density at radius 3 is 2.65 bits per heavy atom. The third-order valence-electron chi connectivity index (χ3n) is 5.12. The number of halogens is 1. The Morgan fingerprint density at radius 2 is 1.90 bits per heavy atom. The van der Waals surface area contributed by atoms with Gasteiger partial charge in [-0.05, 0) is 37.1 Å². The summed E-state index contributed by atoms with van der Waals surface area (Å²) in [5.74, 6) is -0.594. The molecule has 1 saturated heterocycles. The van der Waals surface area contributed by atoms with Crippen LogP contribution in [0.3, 0.4) is 0 Å². The molecule has 1 aliphatic heterocycles. The Bertz CT molecular complexity index is 1150. The molecule has 2 heterocycles. The molecule has 1 N–H and O–H groups in total. The smallest absolute Gasteiger partial charge is 0.246 e. The van der Waals surface area contributed by atoms with Crippen molar-refractivity contribution in [2.24, 2.45) is 5.92 Å². The van der Waals surface area contributed by atoms with Gasteiger partial charge in [0.05, 0.1) is 17.4 Å². The van der Waals surface area contributed by atoms with Gasteiger partial charge in [-0.15, -0.1) is 0 Å². The summed E-state index contributed by atoms with van der Waals surface area (Å²) in [5.41, 5.74) is 0.803. The molecule has 1 amide bonds. The molecule has 0 saturated carbocycles. The van der Waals surface area contributed by atoms with Crippen LogP contribution < -0.4 is 5.32 Å². The monoisotopic (exact) mass is 444 g/mol. The van der Waals surface area contributed by atoms with E-state index in [0.717, 1.165) is 17.7 Å². The van der Waals surface area contributed by atoms with Crippen LogP contribution in [0.25, 0.3) is 11.4 Å². The van der Waals surface area contributed by atoms with E-state index in [9.17, 15) is 17.6 Å². The minimum Gasteiger partial charge on any atom is -0.347 e. The first-order valence-corrected chi connectivity index (χ1v) is 11.3. The lowest BCUT2D eigenvalue weighted by Crippen LogP contribution is -2.45. The van der Waals surface area contributed by atoms with Crippen molar-refractivity contribution < 1.29 is 22.1 Å². The molecule has 4 rings (SSSR count). The highest BCUT2D eigenvalue weighted by atomic mass is 32.2. The van der Waals surface area contributed by atoms with Crippen molar-refractivity contribution in [3.8, 4) is 11.4 Å². The van der Waals surface area contributed by atoms with Crippen LogP contribution in [0, 0.1) is 11.7 Å². The van der Waals surface area contributed by atoms with Crippen LogP contribution in [-0.4, -0.2) is 41.9 Å². The Labute approximate surface area is 179 Å². The fourth-order valence-corrected chi connectivity index (χ4v) is 4.99. The summed E-state index contributed by atoms with van der Waals surface area (Å²) in [5, 5.41) is 6.66. The molecule has 2 aromatic carbocycles. The zero-order chi connectivity index (χ0) is 21.8. The van der Waals surface area contributed by atoms with Gasteiger partial charge in [-0.25, -0.2) is 12.8 Å². The molecule has 0 unspecified atom stereocenters. The summed E-state index contributed by atoms with van der Waals surface area (Å²) >= 11 is 0. The van der Waals surface area contributed by atoms with Crippen LogP contribution in [0.5, 0.6) is 0 Å². The number of sulfonamides is 1. The maximum absolute atomic E-state index is 13.1. The van der Waals surface area contributed by atoms with Gasteiger partial charge in [0, 0.05) is 18.7 Å². The number of nitrogens with one attached hydrogen (secondary N) is 1. The van der Waals surface area contributed by atoms with Crippen LogP contribution in [-0.2, 0) is 21.4 Å². The molecule has 0 radical (unpaired) electrons. The first-order chi connectivity index (χ1) is 14.9. The van der Waals surface area contributed by atoms with Gasteiger partial charge in [0.25, 0.3) is 0 Å². The summed E-state index contributed by atoms with van der Waals surface area (Å²) in [6, 6.07) is 14.0. The standard InChI is InChI=1S/C21H21FN4O4S/c22-17-8-10-18(11-9-17)31(28,29)26-12-4-7-16(14-26)21(27)23-13-19-24-20(25-30-19)15-5-2-1-3-6-15/h1-3,5-6,8-11,16H,4,7,12-14H2,(H,23,27)/t16-/m0/s1. The normalized spacial score (nSPS) is 17.4. The third-order valence-corrected chi connectivity index (χ3v) is 7.00. The van der Waals surface area contributed by atoms with Crippen LogP contribution in [0.1, 0.15) is 18.7 Å². The number of piperidine rings is 1. The van der Waals surface area contributed by atoms with E-state index < -0.39 is 21.8 Å². The number of amides is 1. The summed E-state index contributed by atoms with van der Waals surface area (Å²) in [6.07, 6.45) is 1.12. The Balaban J connectivity index is 1.37. The van der Waals surface area contributed by atoms with Crippen molar-refractivity contribution in [3.63, 3.8) is 0 Å². The highest BCUT2D eigenvalue weighted by Gasteiger charge is 2.33. The molecular weight excluding hydrogens is 423 g/mol. The molecule has 0 aliphatic carbocycles. The minimum absolute atomic E-state index is 0.00857. The van der Waals surface area contributed by atoms with E-state index in [2.05, 4.69) is 15.5 Å². The van der Waals surface area contributed by atoms with E-state index in [1.165, 1.54) is 16.4 Å². The second-order valence-corrected chi connectivity index (χ2v) is 9.19.